The first-order chi connectivity index (χ1) is 12.0. The third-order valence-corrected chi connectivity index (χ3v) is 4.82. The summed E-state index contributed by atoms with van der Waals surface area (Å²) >= 11 is 0. The van der Waals surface area contributed by atoms with E-state index < -0.39 is 33.5 Å². The van der Waals surface area contributed by atoms with Crippen LogP contribution in [0.3, 0.4) is 0 Å². The lowest BCUT2D eigenvalue weighted by atomic mass is 10.1. The summed E-state index contributed by atoms with van der Waals surface area (Å²) in [4.78, 5) is 24.7. The van der Waals surface area contributed by atoms with Crippen LogP contribution >= 0.6 is 0 Å². The van der Waals surface area contributed by atoms with E-state index in [1.54, 1.807) is 0 Å². The minimum Gasteiger partial charge on any atom is -0.452 e. The van der Waals surface area contributed by atoms with Crippen LogP contribution in [0.2, 0.25) is 0 Å². The van der Waals surface area contributed by atoms with E-state index >= 15 is 0 Å². The molecule has 1 fully saturated rings. The van der Waals surface area contributed by atoms with E-state index in [0.29, 0.717) is 19.4 Å². The van der Waals surface area contributed by atoms with Crippen molar-refractivity contribution in [1.82, 2.24) is 4.90 Å². The number of likely N-dealkylation sites (tertiary alicyclic amines) is 1. The zero-order valence-electron chi connectivity index (χ0n) is 13.7. The van der Waals surface area contributed by atoms with Gasteiger partial charge in [0.2, 0.25) is 0 Å². The van der Waals surface area contributed by atoms with Crippen LogP contribution in [0.5, 0.6) is 0 Å². The molecule has 0 aliphatic carbocycles. The Hall–Kier alpha value is -2.30. The van der Waals surface area contributed by atoms with E-state index in [2.05, 4.69) is 0 Å². The van der Waals surface area contributed by atoms with Crippen LogP contribution < -0.4 is 4.72 Å². The first-order valence-electron chi connectivity index (χ1n) is 7.64. The van der Waals surface area contributed by atoms with Crippen LogP contribution in [-0.2, 0) is 30.9 Å². The van der Waals surface area contributed by atoms with Gasteiger partial charge in [-0.25, -0.2) is 0 Å². The number of amides is 1. The molecule has 0 spiro atoms. The zero-order chi connectivity index (χ0) is 19.5. The van der Waals surface area contributed by atoms with Crippen LogP contribution in [-0.4, -0.2) is 43.4 Å². The average Bonchev–Trinajstić information content (AvgIpc) is 2.51. The van der Waals surface area contributed by atoms with Gasteiger partial charge in [-0.05, 0) is 24.5 Å². The molecule has 1 aromatic rings. The van der Waals surface area contributed by atoms with Gasteiger partial charge in [-0.2, -0.15) is 21.6 Å². The largest absolute Gasteiger partial charge is 0.516 e. The maximum Gasteiger partial charge on any atom is 0.516 e. The summed E-state index contributed by atoms with van der Waals surface area (Å²) in [6.45, 7) is 1.37. The molecule has 1 unspecified atom stereocenters. The normalized spacial score (nSPS) is 18.5. The lowest BCUT2D eigenvalue weighted by molar-refractivity contribution is -0.162. The van der Waals surface area contributed by atoms with Crippen molar-refractivity contribution < 1.29 is 35.9 Å². The van der Waals surface area contributed by atoms with E-state index in [9.17, 15) is 31.2 Å². The number of hydrogen-bond acceptors (Lipinski definition) is 5. The number of rotatable bonds is 5. The van der Waals surface area contributed by atoms with Gasteiger partial charge in [0.15, 0.2) is 6.10 Å². The van der Waals surface area contributed by atoms with Crippen molar-refractivity contribution in [3.8, 4) is 0 Å². The maximum absolute atomic E-state index is 12.6. The molecule has 1 atom stereocenters. The van der Waals surface area contributed by atoms with Crippen LogP contribution in [0.25, 0.3) is 0 Å². The first-order valence-corrected chi connectivity index (χ1v) is 9.12. The van der Waals surface area contributed by atoms with Crippen molar-refractivity contribution in [2.75, 3.05) is 11.3 Å². The van der Waals surface area contributed by atoms with Crippen molar-refractivity contribution in [1.29, 1.82) is 0 Å². The van der Waals surface area contributed by atoms with Crippen molar-refractivity contribution in [2.45, 2.75) is 37.9 Å². The molecule has 0 aromatic heterocycles. The Balaban J connectivity index is 2.20. The number of para-hydroxylation sites is 1. The highest BCUT2D eigenvalue weighted by atomic mass is 32.2. The van der Waals surface area contributed by atoms with Gasteiger partial charge in [0.1, 0.15) is 0 Å². The molecule has 1 aliphatic heterocycles. The SMILES string of the molecule is CC(=O)OC1CCCN(Cc2ccccc2NS(=O)(=O)C(F)(F)F)C1=O. The lowest BCUT2D eigenvalue weighted by Crippen LogP contribution is -2.45. The summed E-state index contributed by atoms with van der Waals surface area (Å²) in [6.07, 6.45) is -0.0440. The number of carbonyl (C=O) groups is 2. The fourth-order valence-electron chi connectivity index (χ4n) is 2.54. The highest BCUT2D eigenvalue weighted by Crippen LogP contribution is 2.28. The molecular formula is C15H17F3N2O5S. The van der Waals surface area contributed by atoms with E-state index in [1.807, 2.05) is 0 Å². The molecule has 26 heavy (non-hydrogen) atoms. The molecule has 1 heterocycles. The van der Waals surface area contributed by atoms with E-state index in [0.717, 1.165) is 0 Å². The Morgan fingerprint density at radius 1 is 1.35 bits per heavy atom. The number of benzene rings is 1. The third-order valence-electron chi connectivity index (χ3n) is 3.72. The molecule has 1 amide bonds. The number of carbonyl (C=O) groups excluding carboxylic acids is 2. The van der Waals surface area contributed by atoms with E-state index in [1.165, 1.54) is 40.8 Å². The first kappa shape index (κ1) is 20.0. The summed E-state index contributed by atoms with van der Waals surface area (Å²) in [5.41, 5.74) is -5.54. The second-order valence-corrected chi connectivity index (χ2v) is 7.38. The molecule has 1 N–H and O–H groups in total. The smallest absolute Gasteiger partial charge is 0.452 e. The number of sulfonamides is 1. The van der Waals surface area contributed by atoms with Crippen molar-refractivity contribution in [3.05, 3.63) is 29.8 Å². The van der Waals surface area contributed by atoms with Crippen molar-refractivity contribution in [3.63, 3.8) is 0 Å². The Morgan fingerprint density at radius 2 is 2.00 bits per heavy atom. The number of halogens is 3. The molecule has 1 aliphatic rings. The van der Waals surface area contributed by atoms with Gasteiger partial charge >= 0.3 is 21.5 Å². The van der Waals surface area contributed by atoms with Gasteiger partial charge in [0.25, 0.3) is 5.91 Å². The number of alkyl halides is 3. The Kier molecular flexibility index (Phi) is 5.79. The summed E-state index contributed by atoms with van der Waals surface area (Å²) in [5.74, 6) is -1.08. The number of piperidine rings is 1. The predicted molar refractivity (Wildman–Crippen MR) is 85.2 cm³/mol. The zero-order valence-corrected chi connectivity index (χ0v) is 14.6. The van der Waals surface area contributed by atoms with Crippen LogP contribution in [0.4, 0.5) is 18.9 Å². The van der Waals surface area contributed by atoms with Crippen LogP contribution in [0, 0.1) is 0 Å². The number of hydrogen-bond donors (Lipinski definition) is 1. The number of anilines is 1. The predicted octanol–water partition coefficient (Wildman–Crippen LogP) is 2.00. The van der Waals surface area contributed by atoms with Crippen LogP contribution in [0.15, 0.2) is 24.3 Å². The van der Waals surface area contributed by atoms with Gasteiger partial charge in [-0.3, -0.25) is 14.3 Å². The second kappa shape index (κ2) is 7.52. The highest BCUT2D eigenvalue weighted by molar-refractivity contribution is 7.93. The third kappa shape index (κ3) is 4.65. The number of esters is 1. The summed E-state index contributed by atoms with van der Waals surface area (Å²) in [7, 11) is -5.58. The monoisotopic (exact) mass is 394 g/mol. The molecule has 0 radical (unpaired) electrons. The highest BCUT2D eigenvalue weighted by Gasteiger charge is 2.46. The van der Waals surface area contributed by atoms with Gasteiger partial charge in [-0.15, -0.1) is 0 Å². The lowest BCUT2D eigenvalue weighted by Gasteiger charge is -2.32. The van der Waals surface area contributed by atoms with Gasteiger partial charge in [0, 0.05) is 20.0 Å². The topological polar surface area (TPSA) is 92.8 Å². The molecule has 2 rings (SSSR count). The van der Waals surface area contributed by atoms with Crippen LogP contribution in [0.1, 0.15) is 25.3 Å². The molecule has 144 valence electrons. The van der Waals surface area contributed by atoms with E-state index in [4.69, 9.17) is 4.74 Å². The fraction of sp³-hybridized carbons (Fsp3) is 0.467. The molecule has 1 aromatic carbocycles. The molecule has 0 bridgehead atoms. The molecule has 7 nitrogen and oxygen atoms in total. The van der Waals surface area contributed by atoms with Gasteiger partial charge < -0.3 is 9.64 Å². The van der Waals surface area contributed by atoms with E-state index in [-0.39, 0.29) is 17.8 Å². The average molecular weight is 394 g/mol. The minimum absolute atomic E-state index is 0.118. The summed E-state index contributed by atoms with van der Waals surface area (Å²) in [6, 6.07) is 5.48. The van der Waals surface area contributed by atoms with Gasteiger partial charge in [-0.1, -0.05) is 18.2 Å². The Bertz CT molecular complexity index is 795. The van der Waals surface area contributed by atoms with Crippen molar-refractivity contribution >= 4 is 27.6 Å². The number of ether oxygens (including phenoxy) is 1. The quantitative estimate of drug-likeness (QED) is 0.772. The Morgan fingerprint density at radius 3 is 2.62 bits per heavy atom. The molecule has 11 heteroatoms. The van der Waals surface area contributed by atoms with Gasteiger partial charge in [0.05, 0.1) is 5.69 Å². The maximum atomic E-state index is 12.6. The van der Waals surface area contributed by atoms with Crippen molar-refractivity contribution in [2.24, 2.45) is 0 Å². The fourth-order valence-corrected chi connectivity index (χ4v) is 3.14. The molecule has 0 saturated carbocycles. The number of nitrogens with zero attached hydrogens (tertiary/aromatic N) is 1. The molecule has 1 saturated heterocycles. The molecular weight excluding hydrogens is 377 g/mol. The summed E-state index contributed by atoms with van der Waals surface area (Å²) in [5, 5.41) is 0. The number of nitrogens with one attached hydrogen (secondary N) is 1. The standard InChI is InChI=1S/C15H17F3N2O5S/c1-10(21)25-13-7-4-8-20(14(13)22)9-11-5-2-3-6-12(11)19-26(23,24)15(16,17)18/h2-3,5-6,13,19H,4,7-9H2,1H3. The second-order valence-electron chi connectivity index (χ2n) is 5.71. The summed E-state index contributed by atoms with van der Waals surface area (Å²) < 4.78 is 66.8. The minimum atomic E-state index is -5.58. The Labute approximate surface area is 148 Å².